The molecule has 1 heterocycles. The van der Waals surface area contributed by atoms with E-state index in [4.69, 9.17) is 10.3 Å². The van der Waals surface area contributed by atoms with Gasteiger partial charge in [-0.25, -0.2) is 4.39 Å². The molecule has 6 nitrogen and oxygen atoms in total. The molecule has 0 saturated heterocycles. The fourth-order valence-electron chi connectivity index (χ4n) is 2.45. The maximum Gasteiger partial charge on any atom is 0.226 e. The van der Waals surface area contributed by atoms with Crippen LogP contribution in [0.5, 0.6) is 0 Å². The van der Waals surface area contributed by atoms with Gasteiger partial charge in [-0.2, -0.15) is 4.98 Å². The number of hydrogen-bond donors (Lipinski definition) is 1. The van der Waals surface area contributed by atoms with Crippen molar-refractivity contribution in [3.05, 3.63) is 36.0 Å². The number of carbonyl (C=O) groups excluding carboxylic acids is 1. The van der Waals surface area contributed by atoms with Crippen LogP contribution in [0.25, 0.3) is 11.4 Å². The number of carbonyl (C=O) groups is 1. The van der Waals surface area contributed by atoms with Crippen molar-refractivity contribution in [2.75, 3.05) is 20.1 Å². The lowest BCUT2D eigenvalue weighted by Crippen LogP contribution is -2.39. The predicted octanol–water partition coefficient (Wildman–Crippen LogP) is 3.06. The van der Waals surface area contributed by atoms with Gasteiger partial charge in [0.2, 0.25) is 17.6 Å². The molecule has 0 aliphatic rings. The Morgan fingerprint density at radius 3 is 2.58 bits per heavy atom. The van der Waals surface area contributed by atoms with Gasteiger partial charge >= 0.3 is 0 Å². The van der Waals surface area contributed by atoms with Gasteiger partial charge in [0.05, 0.1) is 0 Å². The number of halogens is 2. The second-order valence-corrected chi connectivity index (χ2v) is 6.99. The summed E-state index contributed by atoms with van der Waals surface area (Å²) < 4.78 is 18.1. The van der Waals surface area contributed by atoms with E-state index in [2.05, 4.69) is 10.1 Å². The molecule has 1 aromatic carbocycles. The largest absolute Gasteiger partial charge is 0.345 e. The summed E-state index contributed by atoms with van der Waals surface area (Å²) in [7, 11) is 1.79. The highest BCUT2D eigenvalue weighted by Crippen LogP contribution is 2.18. The Labute approximate surface area is 159 Å². The summed E-state index contributed by atoms with van der Waals surface area (Å²) in [4.78, 5) is 18.2. The molecule has 0 unspecified atom stereocenters. The van der Waals surface area contributed by atoms with Gasteiger partial charge in [0.1, 0.15) is 5.82 Å². The van der Waals surface area contributed by atoms with Crippen LogP contribution in [0.15, 0.2) is 28.8 Å². The van der Waals surface area contributed by atoms with Gasteiger partial charge in [-0.15, -0.1) is 12.4 Å². The molecular weight excluding hydrogens is 359 g/mol. The van der Waals surface area contributed by atoms with Crippen LogP contribution in [-0.4, -0.2) is 41.1 Å². The lowest BCUT2D eigenvalue weighted by Gasteiger charge is -2.29. The summed E-state index contributed by atoms with van der Waals surface area (Å²) in [6.07, 6.45) is 1.55. The fourth-order valence-corrected chi connectivity index (χ4v) is 2.45. The molecule has 0 bridgehead atoms. The van der Waals surface area contributed by atoms with Crippen LogP contribution in [-0.2, 0) is 11.2 Å². The molecule has 8 heteroatoms. The first-order valence-electron chi connectivity index (χ1n) is 8.33. The van der Waals surface area contributed by atoms with E-state index in [1.807, 2.05) is 13.8 Å². The van der Waals surface area contributed by atoms with E-state index < -0.39 is 0 Å². The Kier molecular flexibility index (Phi) is 8.17. The predicted molar refractivity (Wildman–Crippen MR) is 100 cm³/mol. The number of nitrogens with zero attached hydrogens (tertiary/aromatic N) is 3. The van der Waals surface area contributed by atoms with E-state index in [0.717, 1.165) is 0 Å². The van der Waals surface area contributed by atoms with Gasteiger partial charge in [-0.1, -0.05) is 19.0 Å². The second-order valence-electron chi connectivity index (χ2n) is 6.99. The number of aromatic nitrogens is 2. The zero-order valence-corrected chi connectivity index (χ0v) is 16.2. The fraction of sp³-hybridized carbons (Fsp3) is 0.500. The van der Waals surface area contributed by atoms with Crippen molar-refractivity contribution in [3.63, 3.8) is 0 Å². The topological polar surface area (TPSA) is 85.2 Å². The van der Waals surface area contributed by atoms with Gasteiger partial charge in [-0.05, 0) is 42.6 Å². The highest BCUT2D eigenvalue weighted by atomic mass is 35.5. The van der Waals surface area contributed by atoms with Crippen LogP contribution in [0.2, 0.25) is 0 Å². The Bertz CT molecular complexity index is 703. The number of hydrogen-bond acceptors (Lipinski definition) is 5. The van der Waals surface area contributed by atoms with E-state index in [1.54, 1.807) is 24.1 Å². The molecule has 2 aromatic rings. The van der Waals surface area contributed by atoms with Crippen LogP contribution in [0, 0.1) is 11.2 Å². The normalized spacial score (nSPS) is 11.1. The number of benzene rings is 1. The molecule has 0 aliphatic carbocycles. The first-order valence-corrected chi connectivity index (χ1v) is 8.33. The van der Waals surface area contributed by atoms with Crippen molar-refractivity contribution in [1.29, 1.82) is 0 Å². The molecule has 0 atom stereocenters. The van der Waals surface area contributed by atoms with Gasteiger partial charge < -0.3 is 15.2 Å². The highest BCUT2D eigenvalue weighted by molar-refractivity contribution is 5.85. The summed E-state index contributed by atoms with van der Waals surface area (Å²) in [6.45, 7) is 5.22. The monoisotopic (exact) mass is 384 g/mol. The van der Waals surface area contributed by atoms with Crippen LogP contribution >= 0.6 is 12.4 Å². The number of nitrogens with two attached hydrogens (primary N) is 1. The smallest absolute Gasteiger partial charge is 0.226 e. The zero-order valence-electron chi connectivity index (χ0n) is 15.4. The quantitative estimate of drug-likeness (QED) is 0.755. The Hall–Kier alpha value is -1.99. The number of amides is 1. The van der Waals surface area contributed by atoms with Crippen molar-refractivity contribution in [3.8, 4) is 11.4 Å². The van der Waals surface area contributed by atoms with Crippen LogP contribution in [0.3, 0.4) is 0 Å². The summed E-state index contributed by atoms with van der Waals surface area (Å²) >= 11 is 0. The molecule has 1 amide bonds. The standard InChI is InChI=1S/C18H25FN4O2.ClH/c1-18(2,11-20)12-23(3)16(24)6-4-5-15-21-17(22-25-15)13-7-9-14(19)10-8-13;/h7-10H,4-6,11-12,20H2,1-3H3;1H. The van der Waals surface area contributed by atoms with E-state index in [1.165, 1.54) is 12.1 Å². The number of rotatable bonds is 8. The average molecular weight is 385 g/mol. The third kappa shape index (κ3) is 6.38. The minimum atomic E-state index is -0.312. The maximum atomic E-state index is 12.9. The maximum absolute atomic E-state index is 12.9. The van der Waals surface area contributed by atoms with Gasteiger partial charge in [-0.3, -0.25) is 4.79 Å². The summed E-state index contributed by atoms with van der Waals surface area (Å²) in [6, 6.07) is 5.90. The van der Waals surface area contributed by atoms with Gasteiger partial charge in [0.25, 0.3) is 0 Å². The van der Waals surface area contributed by atoms with Gasteiger partial charge in [0, 0.05) is 32.0 Å². The van der Waals surface area contributed by atoms with Crippen LogP contribution < -0.4 is 5.73 Å². The summed E-state index contributed by atoms with van der Waals surface area (Å²) in [5.74, 6) is 0.646. The molecule has 2 rings (SSSR count). The minimum absolute atomic E-state index is 0. The molecule has 0 spiro atoms. The molecule has 0 radical (unpaired) electrons. The van der Waals surface area contributed by atoms with E-state index in [0.29, 0.717) is 49.6 Å². The van der Waals surface area contributed by atoms with Crippen LogP contribution in [0.4, 0.5) is 4.39 Å². The van der Waals surface area contributed by atoms with Crippen LogP contribution in [0.1, 0.15) is 32.6 Å². The van der Waals surface area contributed by atoms with Crippen molar-refractivity contribution in [2.24, 2.45) is 11.1 Å². The molecular formula is C18H26ClFN4O2. The molecule has 0 saturated carbocycles. The Morgan fingerprint density at radius 1 is 1.31 bits per heavy atom. The van der Waals surface area contributed by atoms with Crippen molar-refractivity contribution >= 4 is 18.3 Å². The van der Waals surface area contributed by atoms with E-state index >= 15 is 0 Å². The lowest BCUT2D eigenvalue weighted by atomic mass is 9.93. The first kappa shape index (κ1) is 22.1. The van der Waals surface area contributed by atoms with E-state index in [-0.39, 0.29) is 29.5 Å². The Morgan fingerprint density at radius 2 is 1.96 bits per heavy atom. The van der Waals surface area contributed by atoms with Gasteiger partial charge in [0.15, 0.2) is 0 Å². The third-order valence-corrected chi connectivity index (χ3v) is 4.00. The molecule has 144 valence electrons. The van der Waals surface area contributed by atoms with Crippen molar-refractivity contribution in [2.45, 2.75) is 33.1 Å². The third-order valence-electron chi connectivity index (χ3n) is 4.00. The lowest BCUT2D eigenvalue weighted by molar-refractivity contribution is -0.131. The summed E-state index contributed by atoms with van der Waals surface area (Å²) in [5, 5.41) is 3.89. The zero-order chi connectivity index (χ0) is 18.4. The molecule has 2 N–H and O–H groups in total. The minimum Gasteiger partial charge on any atom is -0.345 e. The molecule has 26 heavy (non-hydrogen) atoms. The first-order chi connectivity index (χ1) is 11.8. The summed E-state index contributed by atoms with van der Waals surface area (Å²) in [5.41, 5.74) is 6.30. The van der Waals surface area contributed by atoms with Crippen molar-refractivity contribution < 1.29 is 13.7 Å². The van der Waals surface area contributed by atoms with Crippen molar-refractivity contribution in [1.82, 2.24) is 15.0 Å². The molecule has 0 fully saturated rings. The second kappa shape index (κ2) is 9.64. The molecule has 1 aromatic heterocycles. The highest BCUT2D eigenvalue weighted by Gasteiger charge is 2.21. The Balaban J connectivity index is 0.00000338. The van der Waals surface area contributed by atoms with E-state index in [9.17, 15) is 9.18 Å². The molecule has 0 aliphatic heterocycles. The SMILES string of the molecule is CN(CC(C)(C)CN)C(=O)CCCc1nc(-c2ccc(F)cc2)no1.Cl. The average Bonchev–Trinajstić information content (AvgIpc) is 3.04. The number of aryl methyl sites for hydroxylation is 1.